The molecule has 1 rings (SSSR count). The molecule has 7 heteroatoms. The maximum atomic E-state index is 12.6. The Labute approximate surface area is 86.6 Å². The average Bonchev–Trinajstić information content (AvgIpc) is 1.99. The number of halogens is 3. The second-order valence-electron chi connectivity index (χ2n) is 2.12. The number of aromatic amines is 1. The van der Waals surface area contributed by atoms with Crippen LogP contribution in [-0.4, -0.2) is 9.97 Å². The summed E-state index contributed by atoms with van der Waals surface area (Å²) in [5.74, 6) is -0.545. The predicted molar refractivity (Wildman–Crippen MR) is 51.9 cm³/mol. The summed E-state index contributed by atoms with van der Waals surface area (Å²) in [5, 5.41) is 0. The molecule has 0 spiro atoms. The van der Waals surface area contributed by atoms with Crippen molar-refractivity contribution in [3.63, 3.8) is 0 Å². The predicted octanol–water partition coefficient (Wildman–Crippen LogP) is 0.520. The van der Waals surface area contributed by atoms with Gasteiger partial charge >= 0.3 is 0 Å². The molecule has 4 nitrogen and oxygen atoms in total. The standard InChI is InChI=1S/C6H8FN3O.2ClH/c1-3-5(7)6(11)10-4(2-8)9-3;;/h2,8H2,1H3,(H,9,10,11);2*1H. The zero-order valence-electron chi connectivity index (χ0n) is 6.83. The van der Waals surface area contributed by atoms with Gasteiger partial charge in [0.15, 0.2) is 0 Å². The van der Waals surface area contributed by atoms with Gasteiger partial charge in [0.05, 0.1) is 12.2 Å². The van der Waals surface area contributed by atoms with Gasteiger partial charge in [-0.2, -0.15) is 4.39 Å². The highest BCUT2D eigenvalue weighted by atomic mass is 35.5. The van der Waals surface area contributed by atoms with Gasteiger partial charge in [-0.3, -0.25) is 4.79 Å². The average molecular weight is 230 g/mol. The van der Waals surface area contributed by atoms with Crippen LogP contribution in [0.1, 0.15) is 11.5 Å². The highest BCUT2D eigenvalue weighted by Crippen LogP contribution is 1.94. The molecule has 0 radical (unpaired) electrons. The van der Waals surface area contributed by atoms with Crippen LogP contribution in [0.15, 0.2) is 4.79 Å². The lowest BCUT2D eigenvalue weighted by atomic mass is 10.4. The lowest BCUT2D eigenvalue weighted by molar-refractivity contribution is 0.582. The zero-order chi connectivity index (χ0) is 8.43. The molecule has 1 aromatic rings. The SMILES string of the molecule is Cc1nc(CN)[nH]c(=O)c1F.Cl.Cl. The first-order valence-corrected chi connectivity index (χ1v) is 3.10. The van der Waals surface area contributed by atoms with Gasteiger partial charge in [0, 0.05) is 0 Å². The van der Waals surface area contributed by atoms with E-state index in [9.17, 15) is 9.18 Å². The van der Waals surface area contributed by atoms with E-state index >= 15 is 0 Å². The van der Waals surface area contributed by atoms with Crippen LogP contribution in [0.2, 0.25) is 0 Å². The summed E-state index contributed by atoms with van der Waals surface area (Å²) in [5.41, 5.74) is 4.49. The first-order valence-electron chi connectivity index (χ1n) is 3.10. The highest BCUT2D eigenvalue weighted by Gasteiger charge is 2.04. The van der Waals surface area contributed by atoms with Crippen molar-refractivity contribution in [2.75, 3.05) is 0 Å². The molecule has 3 N–H and O–H groups in total. The topological polar surface area (TPSA) is 71.8 Å². The maximum absolute atomic E-state index is 12.6. The third-order valence-corrected chi connectivity index (χ3v) is 1.27. The Hall–Kier alpha value is -0.650. The molecule has 0 aliphatic heterocycles. The summed E-state index contributed by atoms with van der Waals surface area (Å²) in [6.07, 6.45) is 0. The van der Waals surface area contributed by atoms with Gasteiger partial charge in [-0.05, 0) is 6.92 Å². The molecule has 0 fully saturated rings. The maximum Gasteiger partial charge on any atom is 0.287 e. The Morgan fingerprint density at radius 3 is 2.46 bits per heavy atom. The van der Waals surface area contributed by atoms with Crippen molar-refractivity contribution in [1.29, 1.82) is 0 Å². The normalized spacial score (nSPS) is 8.54. The molecule has 0 atom stereocenters. The largest absolute Gasteiger partial charge is 0.324 e. The number of aromatic nitrogens is 2. The quantitative estimate of drug-likeness (QED) is 0.738. The first kappa shape index (κ1) is 14.9. The molecule has 0 saturated carbocycles. The lowest BCUT2D eigenvalue weighted by Crippen LogP contribution is -2.19. The van der Waals surface area contributed by atoms with Crippen LogP contribution in [0.5, 0.6) is 0 Å². The van der Waals surface area contributed by atoms with Gasteiger partial charge in [-0.1, -0.05) is 0 Å². The fraction of sp³-hybridized carbons (Fsp3) is 0.333. The molecule has 76 valence electrons. The van der Waals surface area contributed by atoms with E-state index in [2.05, 4.69) is 9.97 Å². The van der Waals surface area contributed by atoms with Gasteiger partial charge in [0.1, 0.15) is 5.82 Å². The smallest absolute Gasteiger partial charge is 0.287 e. The van der Waals surface area contributed by atoms with Gasteiger partial charge in [-0.25, -0.2) is 4.98 Å². The van der Waals surface area contributed by atoms with Crippen LogP contribution < -0.4 is 11.3 Å². The Balaban J connectivity index is 0. The van der Waals surface area contributed by atoms with Crippen molar-refractivity contribution in [2.45, 2.75) is 13.5 Å². The summed E-state index contributed by atoms with van der Waals surface area (Å²) in [6.45, 7) is 1.53. The minimum atomic E-state index is -0.845. The molecule has 0 aliphatic carbocycles. The molecular formula is C6H10Cl2FN3O. The lowest BCUT2D eigenvalue weighted by Gasteiger charge is -1.97. The number of nitrogens with two attached hydrogens (primary N) is 1. The highest BCUT2D eigenvalue weighted by molar-refractivity contribution is 5.85. The summed E-state index contributed by atoms with van der Waals surface area (Å²) in [7, 11) is 0. The molecular weight excluding hydrogens is 220 g/mol. The third-order valence-electron chi connectivity index (χ3n) is 1.27. The Kier molecular flexibility index (Phi) is 6.75. The van der Waals surface area contributed by atoms with E-state index in [0.717, 1.165) is 0 Å². The first-order chi connectivity index (χ1) is 5.15. The summed E-state index contributed by atoms with van der Waals surface area (Å²) >= 11 is 0. The number of aryl methyl sites for hydroxylation is 1. The second kappa shape index (κ2) is 5.90. The van der Waals surface area contributed by atoms with E-state index in [4.69, 9.17) is 5.73 Å². The number of hydrogen-bond donors (Lipinski definition) is 2. The second-order valence-corrected chi connectivity index (χ2v) is 2.12. The Morgan fingerprint density at radius 2 is 2.08 bits per heavy atom. The van der Waals surface area contributed by atoms with E-state index in [0.29, 0.717) is 5.82 Å². The summed E-state index contributed by atoms with van der Waals surface area (Å²) in [4.78, 5) is 16.6. The van der Waals surface area contributed by atoms with Crippen LogP contribution in [0.25, 0.3) is 0 Å². The molecule has 13 heavy (non-hydrogen) atoms. The molecule has 0 unspecified atom stereocenters. The molecule has 0 aliphatic rings. The van der Waals surface area contributed by atoms with Crippen molar-refractivity contribution in [2.24, 2.45) is 5.73 Å². The fourth-order valence-electron chi connectivity index (χ4n) is 0.726. The van der Waals surface area contributed by atoms with Crippen molar-refractivity contribution in [3.05, 3.63) is 27.7 Å². The van der Waals surface area contributed by atoms with E-state index < -0.39 is 11.4 Å². The van der Waals surface area contributed by atoms with Crippen molar-refractivity contribution >= 4 is 24.8 Å². The monoisotopic (exact) mass is 229 g/mol. The van der Waals surface area contributed by atoms with E-state index in [-0.39, 0.29) is 37.1 Å². The number of rotatable bonds is 1. The van der Waals surface area contributed by atoms with Gasteiger partial charge in [0.25, 0.3) is 5.56 Å². The van der Waals surface area contributed by atoms with E-state index in [1.807, 2.05) is 0 Å². The summed E-state index contributed by atoms with van der Waals surface area (Å²) < 4.78 is 12.6. The van der Waals surface area contributed by atoms with Gasteiger partial charge in [0.2, 0.25) is 5.82 Å². The van der Waals surface area contributed by atoms with Crippen LogP contribution in [0.4, 0.5) is 4.39 Å². The Morgan fingerprint density at radius 1 is 1.54 bits per heavy atom. The van der Waals surface area contributed by atoms with Gasteiger partial charge in [-0.15, -0.1) is 24.8 Å². The van der Waals surface area contributed by atoms with Crippen molar-refractivity contribution in [1.82, 2.24) is 9.97 Å². The van der Waals surface area contributed by atoms with Crippen LogP contribution in [0.3, 0.4) is 0 Å². The number of H-pyrrole nitrogens is 1. The minimum absolute atomic E-state index is 0. The number of nitrogens with zero attached hydrogens (tertiary/aromatic N) is 1. The van der Waals surface area contributed by atoms with Crippen LogP contribution >= 0.6 is 24.8 Å². The third kappa shape index (κ3) is 3.30. The molecule has 0 amide bonds. The van der Waals surface area contributed by atoms with Crippen molar-refractivity contribution < 1.29 is 4.39 Å². The number of hydrogen-bond acceptors (Lipinski definition) is 3. The van der Waals surface area contributed by atoms with Crippen molar-refractivity contribution in [3.8, 4) is 0 Å². The minimum Gasteiger partial charge on any atom is -0.324 e. The molecule has 0 aromatic carbocycles. The zero-order valence-corrected chi connectivity index (χ0v) is 8.47. The molecule has 0 bridgehead atoms. The molecule has 0 saturated heterocycles. The van der Waals surface area contributed by atoms with Crippen LogP contribution in [0, 0.1) is 12.7 Å². The molecule has 1 aromatic heterocycles. The Bertz CT molecular complexity index is 328. The number of nitrogens with one attached hydrogen (secondary N) is 1. The van der Waals surface area contributed by atoms with E-state index in [1.165, 1.54) is 6.92 Å². The summed E-state index contributed by atoms with van der Waals surface area (Å²) in [6, 6.07) is 0. The fourth-order valence-corrected chi connectivity index (χ4v) is 0.726. The van der Waals surface area contributed by atoms with Gasteiger partial charge < -0.3 is 10.7 Å². The van der Waals surface area contributed by atoms with E-state index in [1.54, 1.807) is 0 Å². The molecule has 1 heterocycles. The van der Waals surface area contributed by atoms with Crippen LogP contribution in [-0.2, 0) is 6.54 Å².